The van der Waals surface area contributed by atoms with Crippen molar-refractivity contribution >= 4 is 56.4 Å². The van der Waals surface area contributed by atoms with Crippen LogP contribution in [0.4, 0.5) is 5.69 Å². The van der Waals surface area contributed by atoms with E-state index in [1.807, 2.05) is 0 Å². The van der Waals surface area contributed by atoms with Crippen LogP contribution < -0.4 is 10.2 Å². The third-order valence-corrected chi connectivity index (χ3v) is 2.98. The highest BCUT2D eigenvalue weighted by atomic mass is 79.9. The second kappa shape index (κ2) is 5.65. The molecule has 90 valence electrons. The molecule has 0 heterocycles. The second-order valence-corrected chi connectivity index (χ2v) is 6.40. The highest BCUT2D eigenvalue weighted by molar-refractivity contribution is 9.10. The van der Waals surface area contributed by atoms with Gasteiger partial charge in [0.1, 0.15) is 5.75 Å². The van der Waals surface area contributed by atoms with Gasteiger partial charge in [0.15, 0.2) is 3.79 Å². The number of halogens is 4. The van der Waals surface area contributed by atoms with Crippen molar-refractivity contribution < 1.29 is 4.74 Å². The summed E-state index contributed by atoms with van der Waals surface area (Å²) >= 11 is 20.5. The Hall–Kier alpha value is 0.130. The first-order valence-corrected chi connectivity index (χ1v) is 6.11. The van der Waals surface area contributed by atoms with Gasteiger partial charge < -0.3 is 15.4 Å². The quantitative estimate of drug-likeness (QED) is 0.655. The Morgan fingerprint density at radius 2 is 2.06 bits per heavy atom. The first-order valence-electron chi connectivity index (χ1n) is 4.18. The maximum Gasteiger partial charge on any atom is 0.194 e. The number of nitrogens with one attached hydrogen (secondary N) is 1. The van der Waals surface area contributed by atoms with E-state index in [1.54, 1.807) is 17.6 Å². The van der Waals surface area contributed by atoms with Gasteiger partial charge in [-0.3, -0.25) is 0 Å². The average Bonchev–Trinajstić information content (AvgIpc) is 2.19. The van der Waals surface area contributed by atoms with Gasteiger partial charge in [-0.05, 0) is 6.07 Å². The molecule has 0 amide bonds. The predicted octanol–water partition coefficient (Wildman–Crippen LogP) is 4.28. The van der Waals surface area contributed by atoms with Crippen LogP contribution in [0.2, 0.25) is 0 Å². The van der Waals surface area contributed by atoms with Gasteiger partial charge in [0, 0.05) is 28.2 Å². The minimum absolute atomic E-state index is 0.181. The molecule has 1 aromatic rings. The predicted molar refractivity (Wildman–Crippen MR) is 71.7 cm³/mol. The number of rotatable bonds is 3. The third kappa shape index (κ3) is 3.86. The zero-order valence-corrected chi connectivity index (χ0v) is 12.0. The van der Waals surface area contributed by atoms with Crippen molar-refractivity contribution in [1.29, 1.82) is 0 Å². The van der Waals surface area contributed by atoms with Crippen molar-refractivity contribution in [3.05, 3.63) is 27.4 Å². The normalized spacial score (nSPS) is 11.4. The molecule has 0 atom stereocenters. The smallest absolute Gasteiger partial charge is 0.194 e. The summed E-state index contributed by atoms with van der Waals surface area (Å²) in [7, 11) is 1.48. The number of hydrogen-bond donors (Lipinski definition) is 1. The molecule has 0 aliphatic carbocycles. The van der Waals surface area contributed by atoms with E-state index in [2.05, 4.69) is 15.9 Å². The fourth-order valence-corrected chi connectivity index (χ4v) is 2.21. The van der Waals surface area contributed by atoms with Crippen molar-refractivity contribution in [2.75, 3.05) is 12.6 Å². The molecule has 0 aliphatic heterocycles. The molecule has 16 heavy (non-hydrogen) atoms. The average molecular weight is 348 g/mol. The Morgan fingerprint density at radius 1 is 1.44 bits per heavy atom. The van der Waals surface area contributed by atoms with Gasteiger partial charge in [-0.15, -0.1) is 0 Å². The lowest BCUT2D eigenvalue weighted by Gasteiger charge is -2.18. The Labute approximate surface area is 117 Å². The van der Waals surface area contributed by atoms with Gasteiger partial charge in [0.2, 0.25) is 0 Å². The van der Waals surface area contributed by atoms with Gasteiger partial charge in [0.25, 0.3) is 0 Å². The van der Waals surface area contributed by atoms with Gasteiger partial charge >= 0.3 is 0 Å². The van der Waals surface area contributed by atoms with Crippen LogP contribution in [0.1, 0.15) is 5.56 Å². The van der Waals surface area contributed by atoms with Crippen LogP contribution in [0.3, 0.4) is 0 Å². The number of alkyl halides is 3. The van der Waals surface area contributed by atoms with Crippen molar-refractivity contribution in [3.63, 3.8) is 0 Å². The molecule has 0 fully saturated rings. The van der Waals surface area contributed by atoms with Crippen molar-refractivity contribution in [2.24, 2.45) is 0 Å². The third-order valence-electron chi connectivity index (χ3n) is 1.87. The molecule has 1 aromatic carbocycles. The summed E-state index contributed by atoms with van der Waals surface area (Å²) in [5.74, 6) is 0.485. The Kier molecular flexibility index (Phi) is 5.01. The first kappa shape index (κ1) is 14.2. The molecule has 0 aromatic heterocycles. The molecule has 7 heteroatoms. The van der Waals surface area contributed by atoms with Crippen molar-refractivity contribution in [2.45, 2.75) is 10.2 Å². The van der Waals surface area contributed by atoms with Gasteiger partial charge in [-0.1, -0.05) is 50.7 Å². The van der Waals surface area contributed by atoms with E-state index in [0.29, 0.717) is 21.5 Å². The van der Waals surface area contributed by atoms with Crippen molar-refractivity contribution in [3.8, 4) is 5.75 Å². The fourth-order valence-electron chi connectivity index (χ4n) is 1.22. The maximum atomic E-state index is 10.5. The zero-order chi connectivity index (χ0) is 12.3. The minimum atomic E-state index is -1.41. The molecule has 0 radical (unpaired) electrons. The summed E-state index contributed by atoms with van der Waals surface area (Å²) in [4.78, 5) is 0. The SMILES string of the molecule is COc1cc(N[O-])cc(Br)c1CC(Cl)(Cl)Cl. The number of methoxy groups -OCH3 is 1. The van der Waals surface area contributed by atoms with Crippen LogP contribution in [0, 0.1) is 5.21 Å². The van der Waals surface area contributed by atoms with E-state index in [9.17, 15) is 5.21 Å². The molecule has 3 nitrogen and oxygen atoms in total. The van der Waals surface area contributed by atoms with E-state index in [-0.39, 0.29) is 6.42 Å². The maximum absolute atomic E-state index is 10.5. The van der Waals surface area contributed by atoms with Crippen LogP contribution >= 0.6 is 50.7 Å². The second-order valence-electron chi connectivity index (χ2n) is 3.03. The summed E-state index contributed by atoms with van der Waals surface area (Å²) in [6, 6.07) is 3.14. The highest BCUT2D eigenvalue weighted by Gasteiger charge is 2.24. The zero-order valence-electron chi connectivity index (χ0n) is 8.19. The molecule has 0 aliphatic rings. The molecular weight excluding hydrogens is 340 g/mol. The van der Waals surface area contributed by atoms with E-state index in [1.165, 1.54) is 7.11 Å². The molecule has 0 saturated heterocycles. The van der Waals surface area contributed by atoms with Crippen molar-refractivity contribution in [1.82, 2.24) is 0 Å². The van der Waals surface area contributed by atoms with Crippen LogP contribution in [-0.2, 0) is 6.42 Å². The van der Waals surface area contributed by atoms with Crippen LogP contribution in [0.15, 0.2) is 16.6 Å². The number of hydrogen-bond acceptors (Lipinski definition) is 3. The largest absolute Gasteiger partial charge is 0.761 e. The van der Waals surface area contributed by atoms with E-state index < -0.39 is 3.79 Å². The summed E-state index contributed by atoms with van der Waals surface area (Å²) in [5.41, 5.74) is 2.84. The Balaban J connectivity index is 3.16. The monoisotopic (exact) mass is 346 g/mol. The fraction of sp³-hybridized carbons (Fsp3) is 0.333. The highest BCUT2D eigenvalue weighted by Crippen LogP contribution is 2.38. The molecular formula is C9H8BrCl3NO2-. The lowest BCUT2D eigenvalue weighted by atomic mass is 10.1. The lowest BCUT2D eigenvalue weighted by Crippen LogP contribution is -2.09. The van der Waals surface area contributed by atoms with Gasteiger partial charge in [-0.25, -0.2) is 0 Å². The van der Waals surface area contributed by atoms with Gasteiger partial charge in [-0.2, -0.15) is 0 Å². The summed E-state index contributed by atoms with van der Waals surface area (Å²) in [6.07, 6.45) is 0.181. The standard InChI is InChI=1S/C9H8BrCl3NO2/c1-16-8-3-5(14-15)2-7(10)6(8)4-9(11,12)13/h2-3,14H,4H2,1H3/q-1. The van der Waals surface area contributed by atoms with E-state index >= 15 is 0 Å². The Morgan fingerprint density at radius 3 is 2.50 bits per heavy atom. The molecule has 0 spiro atoms. The lowest BCUT2D eigenvalue weighted by molar-refractivity contribution is 0.409. The molecule has 1 rings (SSSR count). The summed E-state index contributed by atoms with van der Waals surface area (Å²) in [6.45, 7) is 0. The van der Waals surface area contributed by atoms with E-state index in [4.69, 9.17) is 39.5 Å². The Bertz CT molecular complexity index is 382. The van der Waals surface area contributed by atoms with Crippen LogP contribution in [0.5, 0.6) is 5.75 Å². The summed E-state index contributed by atoms with van der Waals surface area (Å²) < 4.78 is 4.36. The molecule has 1 N–H and O–H groups in total. The molecule has 0 bridgehead atoms. The van der Waals surface area contributed by atoms with E-state index in [0.717, 1.165) is 0 Å². The first-order chi connectivity index (χ1) is 7.37. The number of benzene rings is 1. The number of anilines is 1. The molecule has 0 saturated carbocycles. The van der Waals surface area contributed by atoms with Crippen LogP contribution in [0.25, 0.3) is 0 Å². The number of ether oxygens (including phenoxy) is 1. The summed E-state index contributed by atoms with van der Waals surface area (Å²) in [5, 5.41) is 10.5. The minimum Gasteiger partial charge on any atom is -0.761 e. The van der Waals surface area contributed by atoms with Crippen LogP contribution in [-0.4, -0.2) is 10.9 Å². The molecule has 0 unspecified atom stereocenters. The van der Waals surface area contributed by atoms with Gasteiger partial charge in [0.05, 0.1) is 7.11 Å². The topological polar surface area (TPSA) is 44.3 Å².